The molecule has 0 aromatic heterocycles. The molecular weight excluding hydrogens is 252 g/mol. The second kappa shape index (κ2) is 6.35. The largest absolute Gasteiger partial charge is 0.353 e. The summed E-state index contributed by atoms with van der Waals surface area (Å²) in [6, 6.07) is 0. The number of ether oxygens (including phenoxy) is 2. The molecule has 0 bridgehead atoms. The zero-order valence-corrected chi connectivity index (χ0v) is 12.0. The Kier molecular flexibility index (Phi) is 5.04. The minimum absolute atomic E-state index is 0.134. The van der Waals surface area contributed by atoms with Gasteiger partial charge in [-0.25, -0.2) is 8.42 Å². The fourth-order valence-electron chi connectivity index (χ4n) is 2.84. The molecule has 1 saturated carbocycles. The molecule has 0 N–H and O–H groups in total. The van der Waals surface area contributed by atoms with E-state index in [0.29, 0.717) is 25.6 Å². The molecule has 5 heteroatoms. The molecule has 0 aromatic rings. The molecular formula is C13H24O4S. The summed E-state index contributed by atoms with van der Waals surface area (Å²) in [5, 5.41) is -0.134. The highest BCUT2D eigenvalue weighted by atomic mass is 32.2. The van der Waals surface area contributed by atoms with E-state index in [0.717, 1.165) is 25.7 Å². The molecule has 2 aliphatic rings. The zero-order chi connectivity index (χ0) is 13.0. The Morgan fingerprint density at radius 3 is 2.50 bits per heavy atom. The van der Waals surface area contributed by atoms with Crippen molar-refractivity contribution in [1.29, 1.82) is 0 Å². The van der Waals surface area contributed by atoms with Crippen LogP contribution in [-0.4, -0.2) is 38.9 Å². The fourth-order valence-corrected chi connectivity index (χ4v) is 4.84. The minimum atomic E-state index is -2.98. The lowest BCUT2D eigenvalue weighted by Crippen LogP contribution is -2.32. The van der Waals surface area contributed by atoms with Crippen molar-refractivity contribution in [2.45, 2.75) is 57.0 Å². The highest BCUT2D eigenvalue weighted by Gasteiger charge is 2.30. The van der Waals surface area contributed by atoms with E-state index >= 15 is 0 Å². The lowest BCUT2D eigenvalue weighted by Gasteiger charge is -2.28. The lowest BCUT2D eigenvalue weighted by atomic mass is 9.91. The van der Waals surface area contributed by atoms with Gasteiger partial charge in [0, 0.05) is 6.42 Å². The first kappa shape index (κ1) is 14.3. The fraction of sp³-hybridized carbons (Fsp3) is 1.00. The van der Waals surface area contributed by atoms with Gasteiger partial charge >= 0.3 is 0 Å². The van der Waals surface area contributed by atoms with E-state index in [9.17, 15) is 8.42 Å². The summed E-state index contributed by atoms with van der Waals surface area (Å²) in [6.07, 6.45) is 4.95. The number of rotatable bonds is 4. The van der Waals surface area contributed by atoms with E-state index in [-0.39, 0.29) is 17.3 Å². The van der Waals surface area contributed by atoms with Crippen molar-refractivity contribution >= 4 is 9.84 Å². The quantitative estimate of drug-likeness (QED) is 0.789. The van der Waals surface area contributed by atoms with E-state index in [2.05, 4.69) is 6.92 Å². The third-order valence-electron chi connectivity index (χ3n) is 3.93. The SMILES string of the molecule is CC1CCCC(S(=O)(=O)CCC2OCCCO2)C1. The highest BCUT2D eigenvalue weighted by Crippen LogP contribution is 2.29. The maximum absolute atomic E-state index is 12.3. The second-order valence-electron chi connectivity index (χ2n) is 5.57. The van der Waals surface area contributed by atoms with Crippen LogP contribution in [-0.2, 0) is 19.3 Å². The molecule has 18 heavy (non-hydrogen) atoms. The molecule has 2 fully saturated rings. The molecule has 0 spiro atoms. The predicted molar refractivity (Wildman–Crippen MR) is 70.1 cm³/mol. The maximum atomic E-state index is 12.3. The van der Waals surface area contributed by atoms with Gasteiger partial charge in [-0.3, -0.25) is 0 Å². The van der Waals surface area contributed by atoms with Gasteiger partial charge in [0.1, 0.15) is 0 Å². The zero-order valence-electron chi connectivity index (χ0n) is 11.1. The van der Waals surface area contributed by atoms with Gasteiger partial charge in [-0.05, 0) is 25.2 Å². The van der Waals surface area contributed by atoms with Crippen LogP contribution >= 0.6 is 0 Å². The normalized spacial score (nSPS) is 31.4. The molecule has 106 valence electrons. The van der Waals surface area contributed by atoms with Crippen LogP contribution in [0.1, 0.15) is 45.4 Å². The molecule has 1 aliphatic heterocycles. The van der Waals surface area contributed by atoms with E-state index in [1.54, 1.807) is 0 Å². The number of sulfone groups is 1. The van der Waals surface area contributed by atoms with Crippen LogP contribution in [0.5, 0.6) is 0 Å². The summed E-state index contributed by atoms with van der Waals surface area (Å²) >= 11 is 0. The Bertz CT molecular complexity index is 346. The first-order valence-corrected chi connectivity index (χ1v) is 8.74. The predicted octanol–water partition coefficient (Wildman–Crippen LogP) is 2.13. The highest BCUT2D eigenvalue weighted by molar-refractivity contribution is 7.92. The van der Waals surface area contributed by atoms with E-state index < -0.39 is 9.84 Å². The first-order valence-electron chi connectivity index (χ1n) is 7.03. The summed E-state index contributed by atoms with van der Waals surface area (Å²) in [4.78, 5) is 0. The second-order valence-corrected chi connectivity index (χ2v) is 7.97. The van der Waals surface area contributed by atoms with Gasteiger partial charge in [0.2, 0.25) is 0 Å². The summed E-state index contributed by atoms with van der Waals surface area (Å²) in [7, 11) is -2.98. The molecule has 0 amide bonds. The summed E-state index contributed by atoms with van der Waals surface area (Å²) < 4.78 is 35.3. The monoisotopic (exact) mass is 276 g/mol. The average molecular weight is 276 g/mol. The van der Waals surface area contributed by atoms with Crippen molar-refractivity contribution < 1.29 is 17.9 Å². The lowest BCUT2D eigenvalue weighted by molar-refractivity contribution is -0.178. The molecule has 1 saturated heterocycles. The number of hydrogen-bond acceptors (Lipinski definition) is 4. The smallest absolute Gasteiger partial charge is 0.158 e. The summed E-state index contributed by atoms with van der Waals surface area (Å²) in [5.74, 6) is 0.746. The molecule has 0 aromatic carbocycles. The Balaban J connectivity index is 1.82. The van der Waals surface area contributed by atoms with Crippen LogP contribution in [0, 0.1) is 5.92 Å². The molecule has 1 aliphatic carbocycles. The van der Waals surface area contributed by atoms with Gasteiger partial charge in [-0.1, -0.05) is 19.8 Å². The average Bonchev–Trinajstić information content (AvgIpc) is 2.38. The molecule has 2 atom stereocenters. The van der Waals surface area contributed by atoms with Gasteiger partial charge in [0.05, 0.1) is 24.2 Å². The number of hydrogen-bond donors (Lipinski definition) is 0. The van der Waals surface area contributed by atoms with Crippen molar-refractivity contribution in [3.63, 3.8) is 0 Å². The topological polar surface area (TPSA) is 52.6 Å². The van der Waals surface area contributed by atoms with E-state index in [4.69, 9.17) is 9.47 Å². The maximum Gasteiger partial charge on any atom is 0.158 e. The van der Waals surface area contributed by atoms with E-state index in [1.807, 2.05) is 0 Å². The standard InChI is InChI=1S/C13H24O4S/c1-11-4-2-5-12(10-11)18(14,15)9-6-13-16-7-3-8-17-13/h11-13H,2-10H2,1H3. The van der Waals surface area contributed by atoms with Crippen LogP contribution in [0.2, 0.25) is 0 Å². The van der Waals surface area contributed by atoms with Crippen LogP contribution in [0.25, 0.3) is 0 Å². The summed E-state index contributed by atoms with van der Waals surface area (Å²) in [5.41, 5.74) is 0. The molecule has 2 unspecified atom stereocenters. The van der Waals surface area contributed by atoms with Crippen molar-refractivity contribution in [3.8, 4) is 0 Å². The first-order chi connectivity index (χ1) is 8.58. The molecule has 0 radical (unpaired) electrons. The minimum Gasteiger partial charge on any atom is -0.353 e. The van der Waals surface area contributed by atoms with Crippen molar-refractivity contribution in [2.75, 3.05) is 19.0 Å². The Morgan fingerprint density at radius 2 is 1.83 bits per heavy atom. The Morgan fingerprint density at radius 1 is 1.11 bits per heavy atom. The van der Waals surface area contributed by atoms with Crippen LogP contribution < -0.4 is 0 Å². The van der Waals surface area contributed by atoms with Gasteiger partial charge in [0.15, 0.2) is 16.1 Å². The molecule has 2 rings (SSSR count). The Labute approximate surface area is 110 Å². The van der Waals surface area contributed by atoms with Gasteiger partial charge in [0.25, 0.3) is 0 Å². The van der Waals surface area contributed by atoms with Crippen molar-refractivity contribution in [1.82, 2.24) is 0 Å². The van der Waals surface area contributed by atoms with E-state index in [1.165, 1.54) is 6.42 Å². The Hall–Kier alpha value is -0.130. The van der Waals surface area contributed by atoms with Crippen LogP contribution in [0.3, 0.4) is 0 Å². The van der Waals surface area contributed by atoms with Gasteiger partial charge in [-0.15, -0.1) is 0 Å². The van der Waals surface area contributed by atoms with Crippen LogP contribution in [0.4, 0.5) is 0 Å². The van der Waals surface area contributed by atoms with Gasteiger partial charge < -0.3 is 9.47 Å². The van der Waals surface area contributed by atoms with Crippen molar-refractivity contribution in [2.24, 2.45) is 5.92 Å². The van der Waals surface area contributed by atoms with Crippen LogP contribution in [0.15, 0.2) is 0 Å². The van der Waals surface area contributed by atoms with Crippen molar-refractivity contribution in [3.05, 3.63) is 0 Å². The summed E-state index contributed by atoms with van der Waals surface area (Å²) in [6.45, 7) is 3.52. The molecule has 4 nitrogen and oxygen atoms in total. The third kappa shape index (κ3) is 3.93. The molecule has 1 heterocycles. The van der Waals surface area contributed by atoms with Gasteiger partial charge in [-0.2, -0.15) is 0 Å². The third-order valence-corrected chi connectivity index (χ3v) is 6.18.